The van der Waals surface area contributed by atoms with Crippen LogP contribution in [0.25, 0.3) is 0 Å². The van der Waals surface area contributed by atoms with Gasteiger partial charge in [-0.1, -0.05) is 24.3 Å². The zero-order valence-electron chi connectivity index (χ0n) is 16.1. The first-order chi connectivity index (χ1) is 13.5. The Balaban J connectivity index is 1.90. The molecule has 0 saturated carbocycles. The highest BCUT2D eigenvalue weighted by molar-refractivity contribution is 5.72. The van der Waals surface area contributed by atoms with Crippen LogP contribution in [0.4, 0.5) is 4.39 Å². The lowest BCUT2D eigenvalue weighted by molar-refractivity contribution is -0.144. The van der Waals surface area contributed by atoms with Crippen LogP contribution in [0, 0.1) is 5.82 Å². The van der Waals surface area contributed by atoms with E-state index in [4.69, 9.17) is 19.3 Å². The number of carbonyl (C=O) groups is 1. The Labute approximate surface area is 164 Å². The molecule has 0 radical (unpaired) electrons. The number of ether oxygens (including phenoxy) is 3. The second-order valence-electron chi connectivity index (χ2n) is 6.29. The van der Waals surface area contributed by atoms with Gasteiger partial charge in [0, 0.05) is 26.7 Å². The third-order valence-corrected chi connectivity index (χ3v) is 4.10. The molecule has 0 spiro atoms. The van der Waals surface area contributed by atoms with E-state index in [0.717, 1.165) is 5.56 Å². The number of carboxylic acid groups (broad SMARTS) is 1. The first-order valence-corrected chi connectivity index (χ1v) is 9.06. The first-order valence-electron chi connectivity index (χ1n) is 9.06. The fourth-order valence-corrected chi connectivity index (χ4v) is 2.52. The van der Waals surface area contributed by atoms with Crippen LogP contribution in [0.3, 0.4) is 0 Å². The number of para-hydroxylation sites is 1. The summed E-state index contributed by atoms with van der Waals surface area (Å²) in [6.07, 6.45) is -0.903. The van der Waals surface area contributed by atoms with Crippen molar-refractivity contribution in [1.82, 2.24) is 4.90 Å². The largest absolute Gasteiger partial charge is 0.489 e. The van der Waals surface area contributed by atoms with Gasteiger partial charge in [-0.25, -0.2) is 9.18 Å². The highest BCUT2D eigenvalue weighted by Crippen LogP contribution is 2.17. The lowest BCUT2D eigenvalue weighted by atomic mass is 10.2. The maximum absolute atomic E-state index is 13.6. The number of methoxy groups -OCH3 is 1. The van der Waals surface area contributed by atoms with Gasteiger partial charge in [-0.2, -0.15) is 0 Å². The topological polar surface area (TPSA) is 68.2 Å². The molecule has 0 heterocycles. The fourth-order valence-electron chi connectivity index (χ4n) is 2.52. The number of hydrogen-bond acceptors (Lipinski definition) is 5. The van der Waals surface area contributed by atoms with Crippen molar-refractivity contribution >= 4 is 5.97 Å². The van der Waals surface area contributed by atoms with Crippen LogP contribution in [0.5, 0.6) is 11.5 Å². The summed E-state index contributed by atoms with van der Waals surface area (Å²) >= 11 is 0. The van der Waals surface area contributed by atoms with Crippen molar-refractivity contribution in [1.29, 1.82) is 0 Å². The van der Waals surface area contributed by atoms with Crippen LogP contribution in [0.2, 0.25) is 0 Å². The van der Waals surface area contributed by atoms with Crippen molar-refractivity contribution in [3.05, 3.63) is 59.9 Å². The second-order valence-corrected chi connectivity index (χ2v) is 6.29. The molecule has 28 heavy (non-hydrogen) atoms. The van der Waals surface area contributed by atoms with Crippen LogP contribution >= 0.6 is 0 Å². The van der Waals surface area contributed by atoms with E-state index in [9.17, 15) is 9.18 Å². The van der Waals surface area contributed by atoms with Crippen molar-refractivity contribution in [2.24, 2.45) is 0 Å². The molecule has 1 unspecified atom stereocenters. The van der Waals surface area contributed by atoms with Gasteiger partial charge in [0.15, 0.2) is 17.7 Å². The molecule has 0 saturated heterocycles. The van der Waals surface area contributed by atoms with Crippen LogP contribution in [0.15, 0.2) is 48.5 Å². The average molecular weight is 391 g/mol. The predicted molar refractivity (Wildman–Crippen MR) is 103 cm³/mol. The van der Waals surface area contributed by atoms with Crippen molar-refractivity contribution in [2.75, 3.05) is 33.4 Å². The molecule has 1 atom stereocenters. The molecule has 7 heteroatoms. The third-order valence-electron chi connectivity index (χ3n) is 4.10. The van der Waals surface area contributed by atoms with E-state index in [1.807, 2.05) is 12.1 Å². The highest BCUT2D eigenvalue weighted by Gasteiger charge is 2.13. The Kier molecular flexibility index (Phi) is 8.71. The zero-order chi connectivity index (χ0) is 20.4. The van der Waals surface area contributed by atoms with Crippen molar-refractivity contribution in [3.63, 3.8) is 0 Å². The van der Waals surface area contributed by atoms with Gasteiger partial charge in [-0.05, 0) is 36.8 Å². The molecule has 2 aromatic carbocycles. The van der Waals surface area contributed by atoms with Crippen molar-refractivity contribution in [3.8, 4) is 11.5 Å². The monoisotopic (exact) mass is 391 g/mol. The molecule has 0 fully saturated rings. The minimum atomic E-state index is -1.01. The number of hydrogen-bond donors (Lipinski definition) is 1. The van der Waals surface area contributed by atoms with Gasteiger partial charge in [0.2, 0.25) is 0 Å². The van der Waals surface area contributed by atoms with Crippen LogP contribution in [-0.4, -0.2) is 55.5 Å². The van der Waals surface area contributed by atoms with Crippen LogP contribution in [-0.2, 0) is 16.1 Å². The van der Waals surface area contributed by atoms with Gasteiger partial charge in [0.1, 0.15) is 12.4 Å². The molecular formula is C21H26FNO5. The molecule has 0 aliphatic carbocycles. The summed E-state index contributed by atoms with van der Waals surface area (Å²) in [6, 6.07) is 13.6. The molecule has 0 amide bonds. The standard InChI is InChI=1S/C21H26FNO5/c1-16(21(24)25)28-18-9-7-17(8-10-18)15-23(11-13-26-2)12-14-27-20-6-4-3-5-19(20)22/h3-10,16H,11-15H2,1-2H3,(H,24,25). The van der Waals surface area contributed by atoms with E-state index in [1.54, 1.807) is 37.4 Å². The van der Waals surface area contributed by atoms with E-state index >= 15 is 0 Å². The predicted octanol–water partition coefficient (Wildman–Crippen LogP) is 3.21. The van der Waals surface area contributed by atoms with Gasteiger partial charge < -0.3 is 19.3 Å². The summed E-state index contributed by atoms with van der Waals surface area (Å²) < 4.78 is 29.7. The molecular weight excluding hydrogens is 365 g/mol. The van der Waals surface area contributed by atoms with E-state index < -0.39 is 12.1 Å². The Hall–Kier alpha value is -2.64. The Bertz CT molecular complexity index is 738. The summed E-state index contributed by atoms with van der Waals surface area (Å²) in [6.45, 7) is 4.35. The number of nitrogens with zero attached hydrogens (tertiary/aromatic N) is 1. The lowest BCUT2D eigenvalue weighted by Gasteiger charge is -2.22. The molecule has 152 valence electrons. The minimum absolute atomic E-state index is 0.239. The number of halogens is 1. The SMILES string of the molecule is COCCN(CCOc1ccccc1F)Cc1ccc(OC(C)C(=O)O)cc1. The second kappa shape index (κ2) is 11.3. The first kappa shape index (κ1) is 21.7. The van der Waals surface area contributed by atoms with E-state index in [1.165, 1.54) is 13.0 Å². The molecule has 0 bridgehead atoms. The molecule has 2 aromatic rings. The Morgan fingerprint density at radius 3 is 2.43 bits per heavy atom. The number of carboxylic acids is 1. The van der Waals surface area contributed by atoms with Crippen molar-refractivity contribution < 1.29 is 28.5 Å². The van der Waals surface area contributed by atoms with E-state index in [2.05, 4.69) is 4.90 Å². The molecule has 1 N–H and O–H groups in total. The average Bonchev–Trinajstić information content (AvgIpc) is 2.68. The Morgan fingerprint density at radius 2 is 1.79 bits per heavy atom. The maximum atomic E-state index is 13.6. The van der Waals surface area contributed by atoms with Crippen LogP contribution in [0.1, 0.15) is 12.5 Å². The molecule has 0 aliphatic heterocycles. The summed E-state index contributed by atoms with van der Waals surface area (Å²) in [5.41, 5.74) is 1.04. The summed E-state index contributed by atoms with van der Waals surface area (Å²) in [5.74, 6) is -0.644. The Morgan fingerprint density at radius 1 is 1.11 bits per heavy atom. The van der Waals surface area contributed by atoms with E-state index in [-0.39, 0.29) is 11.6 Å². The number of benzene rings is 2. The summed E-state index contributed by atoms with van der Waals surface area (Å²) in [4.78, 5) is 13.0. The number of aliphatic carboxylic acids is 1. The lowest BCUT2D eigenvalue weighted by Crippen LogP contribution is -2.31. The van der Waals surface area contributed by atoms with Gasteiger partial charge in [0.05, 0.1) is 6.61 Å². The van der Waals surface area contributed by atoms with E-state index in [0.29, 0.717) is 38.6 Å². The summed E-state index contributed by atoms with van der Waals surface area (Å²) in [7, 11) is 1.64. The molecule has 2 rings (SSSR count). The highest BCUT2D eigenvalue weighted by atomic mass is 19.1. The zero-order valence-corrected chi connectivity index (χ0v) is 16.1. The maximum Gasteiger partial charge on any atom is 0.344 e. The van der Waals surface area contributed by atoms with Gasteiger partial charge in [0.25, 0.3) is 0 Å². The minimum Gasteiger partial charge on any atom is -0.489 e. The molecule has 6 nitrogen and oxygen atoms in total. The third kappa shape index (κ3) is 7.17. The van der Waals surface area contributed by atoms with Gasteiger partial charge >= 0.3 is 5.97 Å². The molecule has 0 aromatic heterocycles. The number of rotatable bonds is 12. The molecule has 0 aliphatic rings. The normalized spacial score (nSPS) is 12.0. The van der Waals surface area contributed by atoms with Crippen LogP contribution < -0.4 is 9.47 Å². The van der Waals surface area contributed by atoms with Gasteiger partial charge in [-0.15, -0.1) is 0 Å². The van der Waals surface area contributed by atoms with Gasteiger partial charge in [-0.3, -0.25) is 4.90 Å². The quantitative estimate of drug-likeness (QED) is 0.599. The summed E-state index contributed by atoms with van der Waals surface area (Å²) in [5, 5.41) is 8.90. The smallest absolute Gasteiger partial charge is 0.344 e. The van der Waals surface area contributed by atoms with Crippen molar-refractivity contribution in [2.45, 2.75) is 19.6 Å². The fraction of sp³-hybridized carbons (Fsp3) is 0.381.